The summed E-state index contributed by atoms with van der Waals surface area (Å²) in [5.74, 6) is -1.29. The van der Waals surface area contributed by atoms with Crippen molar-refractivity contribution in [2.24, 2.45) is 0 Å². The summed E-state index contributed by atoms with van der Waals surface area (Å²) in [7, 11) is 0. The van der Waals surface area contributed by atoms with E-state index in [1.165, 1.54) is 22.4 Å². The molecule has 1 aliphatic heterocycles. The fourth-order valence-corrected chi connectivity index (χ4v) is 3.77. The number of rotatable bonds is 2. The van der Waals surface area contributed by atoms with E-state index in [0.29, 0.717) is 23.1 Å². The summed E-state index contributed by atoms with van der Waals surface area (Å²) in [6, 6.07) is 4.07. The van der Waals surface area contributed by atoms with Crippen molar-refractivity contribution in [1.29, 1.82) is 0 Å². The largest absolute Gasteiger partial charge is 0.479 e. The minimum absolute atomic E-state index is 0.289. The van der Waals surface area contributed by atoms with Gasteiger partial charge >= 0.3 is 5.97 Å². The van der Waals surface area contributed by atoms with Crippen LogP contribution in [0.15, 0.2) is 34.4 Å². The molecule has 0 spiro atoms. The Balaban J connectivity index is 1.98. The van der Waals surface area contributed by atoms with Crippen molar-refractivity contribution in [3.05, 3.63) is 50.4 Å². The Morgan fingerprint density at radius 3 is 2.95 bits per heavy atom. The number of amides is 1. The van der Waals surface area contributed by atoms with Crippen LogP contribution in [0.2, 0.25) is 0 Å². The highest BCUT2D eigenvalue weighted by Gasteiger charge is 2.36. The lowest BCUT2D eigenvalue weighted by molar-refractivity contribution is -0.142. The van der Waals surface area contributed by atoms with Gasteiger partial charge in [-0.15, -0.1) is 11.3 Å². The molecule has 3 heterocycles. The van der Waals surface area contributed by atoms with Crippen LogP contribution in [0.4, 0.5) is 0 Å². The molecule has 7 heteroatoms. The lowest BCUT2D eigenvalue weighted by Crippen LogP contribution is -2.43. The van der Waals surface area contributed by atoms with Crippen LogP contribution in [0.3, 0.4) is 0 Å². The van der Waals surface area contributed by atoms with Gasteiger partial charge in [0.15, 0.2) is 6.04 Å². The highest BCUT2D eigenvalue weighted by Crippen LogP contribution is 2.34. The van der Waals surface area contributed by atoms with E-state index in [2.05, 4.69) is 20.9 Å². The fraction of sp³-hybridized carbons (Fsp3) is 0.214. The topological polar surface area (TPSA) is 70.5 Å². The van der Waals surface area contributed by atoms with Crippen LogP contribution in [-0.2, 0) is 11.2 Å². The number of fused-ring (bicyclic) bond motifs is 1. The molecule has 21 heavy (non-hydrogen) atoms. The predicted octanol–water partition coefficient (Wildman–Crippen LogP) is 2.73. The predicted molar refractivity (Wildman–Crippen MR) is 81.4 cm³/mol. The van der Waals surface area contributed by atoms with Gasteiger partial charge < -0.3 is 10.0 Å². The second-order valence-electron chi connectivity index (χ2n) is 4.66. The molecule has 1 aliphatic rings. The van der Waals surface area contributed by atoms with Gasteiger partial charge in [-0.25, -0.2) is 9.78 Å². The Morgan fingerprint density at radius 2 is 2.24 bits per heavy atom. The zero-order chi connectivity index (χ0) is 15.0. The maximum absolute atomic E-state index is 12.6. The first-order valence-corrected chi connectivity index (χ1v) is 7.97. The number of carboxylic acids is 1. The van der Waals surface area contributed by atoms with Crippen molar-refractivity contribution in [2.75, 3.05) is 6.54 Å². The number of halogens is 1. The van der Waals surface area contributed by atoms with Gasteiger partial charge in [-0.3, -0.25) is 4.79 Å². The number of thiophene rings is 1. The minimum atomic E-state index is -1.00. The van der Waals surface area contributed by atoms with Gasteiger partial charge in [0, 0.05) is 23.2 Å². The van der Waals surface area contributed by atoms with E-state index in [4.69, 9.17) is 0 Å². The van der Waals surface area contributed by atoms with E-state index >= 15 is 0 Å². The SMILES string of the molecule is O=C(O)C1c2ccsc2CCN1C(=O)c1ccnc(Br)c1. The summed E-state index contributed by atoms with van der Waals surface area (Å²) in [5.41, 5.74) is 1.15. The average molecular weight is 367 g/mol. The third-order valence-corrected chi connectivity index (χ3v) is 4.86. The lowest BCUT2D eigenvalue weighted by atomic mass is 9.99. The second kappa shape index (κ2) is 5.57. The van der Waals surface area contributed by atoms with E-state index in [0.717, 1.165) is 10.4 Å². The molecule has 2 aromatic heterocycles. The van der Waals surface area contributed by atoms with E-state index < -0.39 is 12.0 Å². The first kappa shape index (κ1) is 14.2. The van der Waals surface area contributed by atoms with Crippen LogP contribution in [0.5, 0.6) is 0 Å². The Kier molecular flexibility index (Phi) is 3.77. The van der Waals surface area contributed by atoms with Crippen LogP contribution in [0.25, 0.3) is 0 Å². The third kappa shape index (κ3) is 2.58. The third-order valence-electron chi connectivity index (χ3n) is 3.43. The minimum Gasteiger partial charge on any atom is -0.479 e. The molecule has 2 aromatic rings. The number of carbonyl (C=O) groups excluding carboxylic acids is 1. The number of carbonyl (C=O) groups is 2. The van der Waals surface area contributed by atoms with Gasteiger partial charge in [-0.2, -0.15) is 0 Å². The van der Waals surface area contributed by atoms with Crippen molar-refractivity contribution in [3.63, 3.8) is 0 Å². The summed E-state index contributed by atoms with van der Waals surface area (Å²) >= 11 is 4.76. The standard InChI is InChI=1S/C14H11BrN2O3S/c15-11-7-8(1-4-16-11)13(18)17-5-2-10-9(3-6-21-10)12(17)14(19)20/h1,3-4,6-7,12H,2,5H2,(H,19,20). The van der Waals surface area contributed by atoms with Gasteiger partial charge in [0.25, 0.3) is 5.91 Å². The Hall–Kier alpha value is -1.73. The summed E-state index contributed by atoms with van der Waals surface area (Å²) < 4.78 is 0.549. The normalized spacial score (nSPS) is 17.4. The van der Waals surface area contributed by atoms with Crippen molar-refractivity contribution in [3.8, 4) is 0 Å². The average Bonchev–Trinajstić information content (AvgIpc) is 2.93. The Morgan fingerprint density at radius 1 is 1.43 bits per heavy atom. The molecule has 3 rings (SSSR count). The Labute approximate surface area is 133 Å². The van der Waals surface area contributed by atoms with Gasteiger partial charge in [-0.05, 0) is 51.5 Å². The van der Waals surface area contributed by atoms with Gasteiger partial charge in [0.1, 0.15) is 4.60 Å². The highest BCUT2D eigenvalue weighted by molar-refractivity contribution is 9.10. The summed E-state index contributed by atoms with van der Waals surface area (Å²) in [6.07, 6.45) is 2.21. The number of aliphatic carboxylic acids is 1. The fourth-order valence-electron chi connectivity index (χ4n) is 2.50. The maximum atomic E-state index is 12.6. The molecule has 1 atom stereocenters. The molecule has 0 saturated carbocycles. The van der Waals surface area contributed by atoms with E-state index in [1.54, 1.807) is 18.2 Å². The number of carboxylic acid groups (broad SMARTS) is 1. The van der Waals surface area contributed by atoms with E-state index in [9.17, 15) is 14.7 Å². The van der Waals surface area contributed by atoms with Crippen molar-refractivity contribution >= 4 is 39.1 Å². The number of hydrogen-bond donors (Lipinski definition) is 1. The molecule has 0 fully saturated rings. The summed E-state index contributed by atoms with van der Waals surface area (Å²) in [6.45, 7) is 0.406. The lowest BCUT2D eigenvalue weighted by Gasteiger charge is -2.33. The highest BCUT2D eigenvalue weighted by atomic mass is 79.9. The van der Waals surface area contributed by atoms with Crippen molar-refractivity contribution in [1.82, 2.24) is 9.88 Å². The molecule has 108 valence electrons. The number of hydrogen-bond acceptors (Lipinski definition) is 4. The summed E-state index contributed by atoms with van der Waals surface area (Å²) in [5, 5.41) is 11.4. The second-order valence-corrected chi connectivity index (χ2v) is 6.47. The molecule has 0 aromatic carbocycles. The summed E-state index contributed by atoms with van der Waals surface area (Å²) in [4.78, 5) is 30.7. The number of nitrogens with zero attached hydrogens (tertiary/aromatic N) is 2. The molecule has 1 unspecified atom stereocenters. The van der Waals surface area contributed by atoms with Crippen LogP contribution in [0.1, 0.15) is 26.8 Å². The monoisotopic (exact) mass is 366 g/mol. The quantitative estimate of drug-likeness (QED) is 0.829. The van der Waals surface area contributed by atoms with Gasteiger partial charge in [0.05, 0.1) is 0 Å². The molecule has 0 radical (unpaired) electrons. The van der Waals surface area contributed by atoms with Crippen molar-refractivity contribution < 1.29 is 14.7 Å². The van der Waals surface area contributed by atoms with Crippen molar-refractivity contribution in [2.45, 2.75) is 12.5 Å². The van der Waals surface area contributed by atoms with Gasteiger partial charge in [0.2, 0.25) is 0 Å². The molecule has 0 bridgehead atoms. The van der Waals surface area contributed by atoms with Crippen LogP contribution in [-0.4, -0.2) is 33.4 Å². The van der Waals surface area contributed by atoms with Gasteiger partial charge in [-0.1, -0.05) is 0 Å². The van der Waals surface area contributed by atoms with Crippen LogP contribution >= 0.6 is 27.3 Å². The molecule has 5 nitrogen and oxygen atoms in total. The smallest absolute Gasteiger partial charge is 0.331 e. The van der Waals surface area contributed by atoms with E-state index in [1.807, 2.05) is 5.38 Å². The van der Waals surface area contributed by atoms with E-state index in [-0.39, 0.29) is 5.91 Å². The Bertz CT molecular complexity index is 716. The molecule has 1 amide bonds. The number of aromatic nitrogens is 1. The van der Waals surface area contributed by atoms with Crippen LogP contribution in [0, 0.1) is 0 Å². The molecule has 0 saturated heterocycles. The zero-order valence-corrected chi connectivity index (χ0v) is 13.2. The molecule has 1 N–H and O–H groups in total. The van der Waals surface area contributed by atoms with Crippen LogP contribution < -0.4 is 0 Å². The first-order valence-electron chi connectivity index (χ1n) is 6.29. The molecule has 0 aliphatic carbocycles. The molecular weight excluding hydrogens is 356 g/mol. The molecular formula is C14H11BrN2O3S. The maximum Gasteiger partial charge on any atom is 0.331 e. The first-order chi connectivity index (χ1) is 10.1. The number of pyridine rings is 1. The zero-order valence-electron chi connectivity index (χ0n) is 10.8.